The van der Waals surface area contributed by atoms with Gasteiger partial charge in [-0.05, 0) is 43.3 Å². The molecule has 1 aliphatic heterocycles. The molecule has 3 aromatic rings. The Bertz CT molecular complexity index is 1110. The molecule has 1 amide bonds. The minimum absolute atomic E-state index is 0.132. The number of methoxy groups -OCH3 is 1. The first kappa shape index (κ1) is 24.8. The Kier molecular flexibility index (Phi) is 8.75. The fourth-order valence-electron chi connectivity index (χ4n) is 3.93. The van der Waals surface area contributed by atoms with Gasteiger partial charge in [0.2, 0.25) is 5.95 Å². The normalized spacial score (nSPS) is 13.9. The lowest BCUT2D eigenvalue weighted by Crippen LogP contribution is -2.47. The quantitative estimate of drug-likeness (QED) is 0.430. The second kappa shape index (κ2) is 12.4. The summed E-state index contributed by atoms with van der Waals surface area (Å²) in [5.74, 6) is 1.72. The predicted molar refractivity (Wildman–Crippen MR) is 136 cm³/mol. The fourth-order valence-corrected chi connectivity index (χ4v) is 4.12. The molecular formula is C26H30ClN5O3. The van der Waals surface area contributed by atoms with E-state index in [9.17, 15) is 4.79 Å². The highest BCUT2D eigenvalue weighted by atomic mass is 35.5. The summed E-state index contributed by atoms with van der Waals surface area (Å²) in [5.41, 5.74) is 1.41. The smallest absolute Gasteiger partial charge is 0.251 e. The first-order valence-electron chi connectivity index (χ1n) is 11.7. The lowest BCUT2D eigenvalue weighted by atomic mass is 10.2. The Hall–Kier alpha value is -3.36. The van der Waals surface area contributed by atoms with Crippen LogP contribution in [0.4, 0.5) is 5.95 Å². The number of anilines is 1. The molecule has 1 fully saturated rings. The molecule has 184 valence electrons. The van der Waals surface area contributed by atoms with Crippen LogP contribution in [-0.4, -0.2) is 67.2 Å². The standard InChI is InChI=1S/C26H30ClN5O3/c1-34-24-18-20(8-9-23(24)35-19-21-6-2-3-7-22(21)27)25(33)28-12-5-13-31-14-16-32(17-15-31)26-29-10-4-11-30-26/h2-4,6-11,18H,5,12-17,19H2,1H3,(H,28,33). The minimum Gasteiger partial charge on any atom is -0.493 e. The van der Waals surface area contributed by atoms with E-state index in [4.69, 9.17) is 21.1 Å². The molecule has 0 spiro atoms. The Morgan fingerprint density at radius 1 is 1.03 bits per heavy atom. The number of nitrogens with zero attached hydrogens (tertiary/aromatic N) is 4. The minimum atomic E-state index is -0.132. The van der Waals surface area contributed by atoms with Crippen molar-refractivity contribution in [2.75, 3.05) is 51.3 Å². The van der Waals surface area contributed by atoms with Crippen LogP contribution in [-0.2, 0) is 6.61 Å². The van der Waals surface area contributed by atoms with Crippen LogP contribution in [0.2, 0.25) is 5.02 Å². The van der Waals surface area contributed by atoms with Gasteiger partial charge in [-0.2, -0.15) is 0 Å². The van der Waals surface area contributed by atoms with Gasteiger partial charge in [-0.15, -0.1) is 0 Å². The van der Waals surface area contributed by atoms with Crippen molar-refractivity contribution in [3.05, 3.63) is 77.1 Å². The van der Waals surface area contributed by atoms with Crippen molar-refractivity contribution >= 4 is 23.5 Å². The van der Waals surface area contributed by atoms with Gasteiger partial charge in [0.15, 0.2) is 11.5 Å². The van der Waals surface area contributed by atoms with Gasteiger partial charge in [-0.1, -0.05) is 29.8 Å². The van der Waals surface area contributed by atoms with E-state index in [1.54, 1.807) is 37.7 Å². The van der Waals surface area contributed by atoms with E-state index in [0.29, 0.717) is 35.2 Å². The lowest BCUT2D eigenvalue weighted by molar-refractivity contribution is 0.0951. The van der Waals surface area contributed by atoms with Crippen molar-refractivity contribution in [1.29, 1.82) is 0 Å². The van der Waals surface area contributed by atoms with Crippen molar-refractivity contribution < 1.29 is 14.3 Å². The maximum Gasteiger partial charge on any atom is 0.251 e. The summed E-state index contributed by atoms with van der Waals surface area (Å²) < 4.78 is 11.3. The number of ether oxygens (including phenoxy) is 2. The summed E-state index contributed by atoms with van der Waals surface area (Å²) in [6, 6.07) is 14.5. The predicted octanol–water partition coefficient (Wildman–Crippen LogP) is 3.66. The second-order valence-electron chi connectivity index (χ2n) is 8.23. The third-order valence-corrected chi connectivity index (χ3v) is 6.28. The van der Waals surface area contributed by atoms with Crippen LogP contribution in [0.15, 0.2) is 60.9 Å². The van der Waals surface area contributed by atoms with E-state index in [2.05, 4.69) is 25.1 Å². The highest BCUT2D eigenvalue weighted by Crippen LogP contribution is 2.29. The summed E-state index contributed by atoms with van der Waals surface area (Å²) in [5, 5.41) is 3.65. The summed E-state index contributed by atoms with van der Waals surface area (Å²) in [6.07, 6.45) is 4.42. The summed E-state index contributed by atoms with van der Waals surface area (Å²) in [4.78, 5) is 25.9. The Balaban J connectivity index is 1.20. The third kappa shape index (κ3) is 6.83. The van der Waals surface area contributed by atoms with Gasteiger partial charge >= 0.3 is 0 Å². The number of carbonyl (C=O) groups excluding carboxylic acids is 1. The highest BCUT2D eigenvalue weighted by Gasteiger charge is 2.18. The Labute approximate surface area is 210 Å². The van der Waals surface area contributed by atoms with Crippen molar-refractivity contribution in [2.24, 2.45) is 0 Å². The maximum atomic E-state index is 12.6. The zero-order chi connectivity index (χ0) is 24.5. The van der Waals surface area contributed by atoms with E-state index in [0.717, 1.165) is 50.7 Å². The molecule has 0 bridgehead atoms. The van der Waals surface area contributed by atoms with Crippen molar-refractivity contribution in [3.63, 3.8) is 0 Å². The molecule has 2 heterocycles. The van der Waals surface area contributed by atoms with Crippen LogP contribution < -0.4 is 19.7 Å². The molecule has 0 atom stereocenters. The number of piperazine rings is 1. The van der Waals surface area contributed by atoms with E-state index >= 15 is 0 Å². The molecular weight excluding hydrogens is 466 g/mol. The fraction of sp³-hybridized carbons (Fsp3) is 0.346. The van der Waals surface area contributed by atoms with Gasteiger partial charge in [0.1, 0.15) is 6.61 Å². The van der Waals surface area contributed by atoms with E-state index in [-0.39, 0.29) is 5.91 Å². The van der Waals surface area contributed by atoms with Crippen LogP contribution >= 0.6 is 11.6 Å². The van der Waals surface area contributed by atoms with E-state index in [1.807, 2.05) is 30.3 Å². The molecule has 1 saturated heterocycles. The lowest BCUT2D eigenvalue weighted by Gasteiger charge is -2.34. The molecule has 1 N–H and O–H groups in total. The Morgan fingerprint density at radius 3 is 2.54 bits per heavy atom. The highest BCUT2D eigenvalue weighted by molar-refractivity contribution is 6.31. The molecule has 0 aliphatic carbocycles. The van der Waals surface area contributed by atoms with Gasteiger partial charge in [0, 0.05) is 61.3 Å². The molecule has 1 aromatic heterocycles. The first-order chi connectivity index (χ1) is 17.1. The van der Waals surface area contributed by atoms with Gasteiger partial charge in [-0.25, -0.2) is 9.97 Å². The number of hydrogen-bond donors (Lipinski definition) is 1. The second-order valence-corrected chi connectivity index (χ2v) is 8.64. The first-order valence-corrected chi connectivity index (χ1v) is 12.1. The van der Waals surface area contributed by atoms with Crippen LogP contribution in [0, 0.1) is 0 Å². The van der Waals surface area contributed by atoms with Crippen LogP contribution in [0.1, 0.15) is 22.3 Å². The largest absolute Gasteiger partial charge is 0.493 e. The molecule has 0 unspecified atom stereocenters. The molecule has 4 rings (SSSR count). The monoisotopic (exact) mass is 495 g/mol. The number of aromatic nitrogens is 2. The molecule has 9 heteroatoms. The van der Waals surface area contributed by atoms with E-state index < -0.39 is 0 Å². The summed E-state index contributed by atoms with van der Waals surface area (Å²) >= 11 is 6.20. The van der Waals surface area contributed by atoms with Crippen molar-refractivity contribution in [2.45, 2.75) is 13.0 Å². The molecule has 8 nitrogen and oxygen atoms in total. The van der Waals surface area contributed by atoms with Gasteiger partial charge < -0.3 is 19.7 Å². The molecule has 35 heavy (non-hydrogen) atoms. The number of benzene rings is 2. The summed E-state index contributed by atoms with van der Waals surface area (Å²) in [7, 11) is 1.56. The number of rotatable bonds is 10. The molecule has 0 saturated carbocycles. The van der Waals surface area contributed by atoms with Crippen molar-refractivity contribution in [3.8, 4) is 11.5 Å². The molecule has 2 aromatic carbocycles. The number of nitrogens with one attached hydrogen (secondary N) is 1. The summed E-state index contributed by atoms with van der Waals surface area (Å²) in [6.45, 7) is 5.57. The zero-order valence-electron chi connectivity index (χ0n) is 19.8. The zero-order valence-corrected chi connectivity index (χ0v) is 20.6. The average molecular weight is 496 g/mol. The van der Waals surface area contributed by atoms with Crippen molar-refractivity contribution in [1.82, 2.24) is 20.2 Å². The maximum absolute atomic E-state index is 12.6. The number of carbonyl (C=O) groups is 1. The van der Waals surface area contributed by atoms with Crippen LogP contribution in [0.5, 0.6) is 11.5 Å². The van der Waals surface area contributed by atoms with Gasteiger partial charge in [0.25, 0.3) is 5.91 Å². The van der Waals surface area contributed by atoms with Gasteiger partial charge in [0.05, 0.1) is 7.11 Å². The average Bonchev–Trinajstić information content (AvgIpc) is 2.91. The van der Waals surface area contributed by atoms with Gasteiger partial charge in [-0.3, -0.25) is 9.69 Å². The van der Waals surface area contributed by atoms with Crippen LogP contribution in [0.25, 0.3) is 0 Å². The topological polar surface area (TPSA) is 79.8 Å². The molecule has 1 aliphatic rings. The van der Waals surface area contributed by atoms with E-state index in [1.165, 1.54) is 0 Å². The number of amides is 1. The molecule has 0 radical (unpaired) electrons. The van der Waals surface area contributed by atoms with Crippen LogP contribution in [0.3, 0.4) is 0 Å². The Morgan fingerprint density at radius 2 is 1.80 bits per heavy atom. The third-order valence-electron chi connectivity index (χ3n) is 5.91. The SMILES string of the molecule is COc1cc(C(=O)NCCCN2CCN(c3ncccn3)CC2)ccc1OCc1ccccc1Cl. The number of hydrogen-bond acceptors (Lipinski definition) is 7. The number of halogens is 1.